The number of benzene rings is 2. The van der Waals surface area contributed by atoms with E-state index in [2.05, 4.69) is 10.0 Å². The third kappa shape index (κ3) is 6.63. The molecule has 2 rings (SSSR count). The first kappa shape index (κ1) is 18.4. The Morgan fingerprint density at radius 2 is 1.72 bits per heavy atom. The van der Waals surface area contributed by atoms with Gasteiger partial charge in [-0.2, -0.15) is 0 Å². The third-order valence-electron chi connectivity index (χ3n) is 3.44. The van der Waals surface area contributed by atoms with Crippen LogP contribution in [-0.4, -0.2) is 23.4 Å². The minimum atomic E-state index is -0.136. The molecule has 0 aliphatic rings. The summed E-state index contributed by atoms with van der Waals surface area (Å²) >= 11 is 0. The molecule has 2 N–H and O–H groups in total. The molecule has 0 bridgehead atoms. The molecule has 0 aliphatic heterocycles. The lowest BCUT2D eigenvalue weighted by Gasteiger charge is -2.09. The number of aromatic hydroxyl groups is 1. The van der Waals surface area contributed by atoms with Crippen molar-refractivity contribution in [2.24, 2.45) is 5.11 Å². The first-order valence-corrected chi connectivity index (χ1v) is 8.06. The molecule has 2 aromatic carbocycles. The van der Waals surface area contributed by atoms with Crippen LogP contribution in [0, 0.1) is 0 Å². The molecule has 0 unspecified atom stereocenters. The van der Waals surface area contributed by atoms with Crippen LogP contribution in [0.4, 0.5) is 5.69 Å². The van der Waals surface area contributed by atoms with Gasteiger partial charge in [0.05, 0.1) is 19.8 Å². The highest BCUT2D eigenvalue weighted by Gasteiger charge is 2.01. The number of phenolic OH excluding ortho intramolecular Hbond substituents is 1. The Balaban J connectivity index is 1.63. The zero-order valence-corrected chi connectivity index (χ0v) is 13.8. The van der Waals surface area contributed by atoms with E-state index in [4.69, 9.17) is 20.1 Å². The Hall–Kier alpha value is -2.89. The number of hydrogen-bond acceptors (Lipinski definition) is 5. The molecule has 0 amide bonds. The maximum Gasteiger partial charge on any atom is 0.123 e. The predicted octanol–water partition coefficient (Wildman–Crippen LogP) is 4.45. The minimum Gasteiger partial charge on any atom is -0.508 e. The van der Waals surface area contributed by atoms with Crippen molar-refractivity contribution in [3.8, 4) is 17.2 Å². The van der Waals surface area contributed by atoms with Gasteiger partial charge in [-0.25, -0.2) is 0 Å². The molecule has 0 aliphatic carbocycles. The average molecular weight is 343 g/mol. The quantitative estimate of drug-likeness (QED) is 0.287. The van der Waals surface area contributed by atoms with Crippen LogP contribution < -0.4 is 9.47 Å². The van der Waals surface area contributed by atoms with Crippen LogP contribution >= 0.6 is 0 Å². The first-order chi connectivity index (χ1) is 12.2. The molecule has 7 heteroatoms. The zero-order valence-electron chi connectivity index (χ0n) is 13.8. The van der Waals surface area contributed by atoms with Gasteiger partial charge in [0.1, 0.15) is 17.2 Å². The molecule has 25 heavy (non-hydrogen) atoms. The van der Waals surface area contributed by atoms with E-state index in [1.54, 1.807) is 24.3 Å². The van der Waals surface area contributed by atoms with E-state index in [1.807, 2.05) is 6.07 Å². The fraction of sp³-hybridized carbons (Fsp3) is 0.333. The van der Waals surface area contributed by atoms with Crippen molar-refractivity contribution in [3.05, 3.63) is 58.5 Å². The van der Waals surface area contributed by atoms with Gasteiger partial charge in [0.15, 0.2) is 0 Å². The SMILES string of the molecule is [N-]=[N+]=Nc1cccc(OCCCCCOc2cc(O)cc(CO)c2)c1. The van der Waals surface area contributed by atoms with E-state index in [0.29, 0.717) is 36.0 Å². The maximum absolute atomic E-state index is 9.53. The van der Waals surface area contributed by atoms with Gasteiger partial charge in [-0.05, 0) is 54.6 Å². The molecule has 0 fully saturated rings. The monoisotopic (exact) mass is 343 g/mol. The Morgan fingerprint density at radius 3 is 2.44 bits per heavy atom. The summed E-state index contributed by atoms with van der Waals surface area (Å²) in [5.41, 5.74) is 9.56. The standard InChI is InChI=1S/C18H21N3O4/c19-21-20-15-5-4-6-17(11-15)24-7-2-1-3-8-25-18-10-14(13-22)9-16(23)12-18/h4-6,9-12,22-23H,1-3,7-8,13H2. The van der Waals surface area contributed by atoms with Crippen LogP contribution in [0.3, 0.4) is 0 Å². The summed E-state index contributed by atoms with van der Waals surface area (Å²) in [4.78, 5) is 2.74. The number of aliphatic hydroxyl groups excluding tert-OH is 1. The van der Waals surface area contributed by atoms with Crippen LogP contribution in [0.25, 0.3) is 10.4 Å². The number of ether oxygens (including phenoxy) is 2. The summed E-state index contributed by atoms with van der Waals surface area (Å²) in [6.45, 7) is 0.962. The van der Waals surface area contributed by atoms with Crippen molar-refractivity contribution >= 4 is 5.69 Å². The Kier molecular flexibility index (Phi) is 7.43. The molecule has 0 atom stereocenters. The van der Waals surface area contributed by atoms with Gasteiger partial charge in [-0.1, -0.05) is 17.2 Å². The van der Waals surface area contributed by atoms with Gasteiger partial charge in [0.2, 0.25) is 0 Å². The molecule has 0 saturated carbocycles. The first-order valence-electron chi connectivity index (χ1n) is 8.06. The molecular formula is C18H21N3O4. The molecule has 0 spiro atoms. The Bertz CT molecular complexity index is 730. The lowest BCUT2D eigenvalue weighted by atomic mass is 10.2. The molecule has 0 aromatic heterocycles. The van der Waals surface area contributed by atoms with Gasteiger partial charge >= 0.3 is 0 Å². The van der Waals surface area contributed by atoms with Crippen molar-refractivity contribution in [2.45, 2.75) is 25.9 Å². The van der Waals surface area contributed by atoms with Crippen molar-refractivity contribution in [2.75, 3.05) is 13.2 Å². The lowest BCUT2D eigenvalue weighted by Crippen LogP contribution is -2.01. The van der Waals surface area contributed by atoms with Gasteiger partial charge in [0.25, 0.3) is 0 Å². The summed E-state index contributed by atoms with van der Waals surface area (Å²) in [6.07, 6.45) is 2.66. The highest BCUT2D eigenvalue weighted by atomic mass is 16.5. The van der Waals surface area contributed by atoms with E-state index < -0.39 is 0 Å². The van der Waals surface area contributed by atoms with E-state index in [-0.39, 0.29) is 12.4 Å². The Morgan fingerprint density at radius 1 is 0.960 bits per heavy atom. The normalized spacial score (nSPS) is 10.1. The molecule has 132 valence electrons. The largest absolute Gasteiger partial charge is 0.508 e. The predicted molar refractivity (Wildman–Crippen MR) is 94.1 cm³/mol. The molecule has 2 aromatic rings. The van der Waals surface area contributed by atoms with E-state index in [1.165, 1.54) is 12.1 Å². The lowest BCUT2D eigenvalue weighted by molar-refractivity contribution is 0.272. The molecule has 0 saturated heterocycles. The van der Waals surface area contributed by atoms with Crippen molar-refractivity contribution in [1.82, 2.24) is 0 Å². The Labute approximate surface area is 146 Å². The van der Waals surface area contributed by atoms with Crippen LogP contribution in [0.15, 0.2) is 47.6 Å². The smallest absolute Gasteiger partial charge is 0.123 e. The highest BCUT2D eigenvalue weighted by molar-refractivity contribution is 5.42. The van der Waals surface area contributed by atoms with Gasteiger partial charge in [-0.3, -0.25) is 0 Å². The topological polar surface area (TPSA) is 108 Å². The van der Waals surface area contributed by atoms with E-state index in [0.717, 1.165) is 19.3 Å². The van der Waals surface area contributed by atoms with E-state index in [9.17, 15) is 5.11 Å². The second-order valence-electron chi connectivity index (χ2n) is 5.44. The van der Waals surface area contributed by atoms with E-state index >= 15 is 0 Å². The highest BCUT2D eigenvalue weighted by Crippen LogP contribution is 2.22. The van der Waals surface area contributed by atoms with Crippen molar-refractivity contribution < 1.29 is 19.7 Å². The molecular weight excluding hydrogens is 322 g/mol. The fourth-order valence-corrected chi connectivity index (χ4v) is 2.27. The van der Waals surface area contributed by atoms with Crippen LogP contribution in [0.1, 0.15) is 24.8 Å². The van der Waals surface area contributed by atoms with Crippen LogP contribution in [-0.2, 0) is 6.61 Å². The second kappa shape index (κ2) is 10.1. The van der Waals surface area contributed by atoms with Crippen molar-refractivity contribution in [3.63, 3.8) is 0 Å². The second-order valence-corrected chi connectivity index (χ2v) is 5.44. The van der Waals surface area contributed by atoms with Crippen LogP contribution in [0.2, 0.25) is 0 Å². The summed E-state index contributed by atoms with van der Waals surface area (Å²) in [5, 5.41) is 22.2. The average Bonchev–Trinajstić information content (AvgIpc) is 2.61. The van der Waals surface area contributed by atoms with Crippen LogP contribution in [0.5, 0.6) is 17.2 Å². The summed E-state index contributed by atoms with van der Waals surface area (Å²) in [7, 11) is 0. The summed E-state index contributed by atoms with van der Waals surface area (Å²) < 4.78 is 11.2. The van der Waals surface area contributed by atoms with Gasteiger partial charge in [0, 0.05) is 16.7 Å². The number of aliphatic hydroxyl groups is 1. The number of azide groups is 1. The number of rotatable bonds is 10. The summed E-state index contributed by atoms with van der Waals surface area (Å²) in [5.74, 6) is 1.31. The number of hydrogen-bond donors (Lipinski definition) is 2. The molecule has 0 heterocycles. The number of nitrogens with zero attached hydrogens (tertiary/aromatic N) is 3. The minimum absolute atomic E-state index is 0.0814. The molecule has 7 nitrogen and oxygen atoms in total. The number of unbranched alkanes of at least 4 members (excludes halogenated alkanes) is 2. The zero-order chi connectivity index (χ0) is 17.9. The van der Waals surface area contributed by atoms with Gasteiger partial charge in [-0.15, -0.1) is 0 Å². The number of phenols is 1. The van der Waals surface area contributed by atoms with Gasteiger partial charge < -0.3 is 19.7 Å². The maximum atomic E-state index is 9.53. The fourth-order valence-electron chi connectivity index (χ4n) is 2.27. The summed E-state index contributed by atoms with van der Waals surface area (Å²) in [6, 6.07) is 11.7. The third-order valence-corrected chi connectivity index (χ3v) is 3.44. The van der Waals surface area contributed by atoms with Crippen molar-refractivity contribution in [1.29, 1.82) is 0 Å². The molecule has 0 radical (unpaired) electrons.